The van der Waals surface area contributed by atoms with E-state index in [0.717, 1.165) is 26.2 Å². The lowest BCUT2D eigenvalue weighted by molar-refractivity contribution is 0.594. The van der Waals surface area contributed by atoms with Crippen LogP contribution in [0.4, 0.5) is 11.4 Å². The summed E-state index contributed by atoms with van der Waals surface area (Å²) in [5.74, 6) is 0. The first-order valence-electron chi connectivity index (χ1n) is 6.44. The zero-order valence-electron chi connectivity index (χ0n) is 11.1. The number of hydrogen-bond acceptors (Lipinski definition) is 4. The van der Waals surface area contributed by atoms with Crippen LogP contribution in [-0.2, 0) is 0 Å². The van der Waals surface area contributed by atoms with Crippen LogP contribution < -0.4 is 15.1 Å². The molecular formula is C14H20N4. The Balaban J connectivity index is 2.16. The van der Waals surface area contributed by atoms with Gasteiger partial charge < -0.3 is 15.1 Å². The molecule has 1 aromatic carbocycles. The molecular weight excluding hydrogens is 224 g/mol. The van der Waals surface area contributed by atoms with Crippen LogP contribution in [0.25, 0.3) is 0 Å². The molecule has 0 spiro atoms. The molecule has 1 heterocycles. The van der Waals surface area contributed by atoms with Crippen LogP contribution in [0.1, 0.15) is 6.92 Å². The molecule has 1 N–H and O–H groups in total. The van der Waals surface area contributed by atoms with Crippen LogP contribution in [-0.4, -0.2) is 39.3 Å². The largest absolute Gasteiger partial charge is 0.371 e. The molecule has 4 nitrogen and oxygen atoms in total. The van der Waals surface area contributed by atoms with Crippen molar-refractivity contribution >= 4 is 11.4 Å². The number of hydrogen-bond donors (Lipinski definition) is 1. The number of para-hydroxylation sites is 2. The molecule has 0 saturated heterocycles. The minimum absolute atomic E-state index is 0.105. The summed E-state index contributed by atoms with van der Waals surface area (Å²) in [4.78, 5) is 4.56. The van der Waals surface area contributed by atoms with Crippen LogP contribution in [0.15, 0.2) is 24.3 Å². The fraction of sp³-hybridized carbons (Fsp3) is 0.500. The van der Waals surface area contributed by atoms with Gasteiger partial charge in [0.1, 0.15) is 6.04 Å². The van der Waals surface area contributed by atoms with Gasteiger partial charge in [-0.05, 0) is 18.7 Å². The predicted molar refractivity (Wildman–Crippen MR) is 75.0 cm³/mol. The summed E-state index contributed by atoms with van der Waals surface area (Å²) in [5.41, 5.74) is 2.47. The third-order valence-corrected chi connectivity index (χ3v) is 3.35. The minimum Gasteiger partial charge on any atom is -0.371 e. The summed E-state index contributed by atoms with van der Waals surface area (Å²) in [6.45, 7) is 5.57. The van der Waals surface area contributed by atoms with E-state index in [-0.39, 0.29) is 6.04 Å². The average molecular weight is 244 g/mol. The van der Waals surface area contributed by atoms with Gasteiger partial charge in [-0.2, -0.15) is 5.26 Å². The van der Waals surface area contributed by atoms with Gasteiger partial charge in [0.25, 0.3) is 0 Å². The van der Waals surface area contributed by atoms with Crippen molar-refractivity contribution in [2.75, 3.05) is 43.0 Å². The number of benzene rings is 1. The molecule has 0 aliphatic carbocycles. The smallest absolute Gasteiger partial charge is 0.113 e. The second-order valence-electron chi connectivity index (χ2n) is 4.60. The fourth-order valence-electron chi connectivity index (χ4n) is 2.37. The van der Waals surface area contributed by atoms with Gasteiger partial charge in [-0.25, -0.2) is 0 Å². The molecule has 2 rings (SSSR count). The highest BCUT2D eigenvalue weighted by Gasteiger charge is 2.21. The summed E-state index contributed by atoms with van der Waals surface area (Å²) >= 11 is 0. The monoisotopic (exact) mass is 244 g/mol. The Hall–Kier alpha value is -1.73. The molecule has 96 valence electrons. The van der Waals surface area contributed by atoms with Gasteiger partial charge in [-0.3, -0.25) is 0 Å². The first kappa shape index (κ1) is 12.7. The highest BCUT2D eigenvalue weighted by molar-refractivity contribution is 5.73. The Morgan fingerprint density at radius 1 is 1.33 bits per heavy atom. The van der Waals surface area contributed by atoms with E-state index >= 15 is 0 Å². The molecule has 1 atom stereocenters. The summed E-state index contributed by atoms with van der Waals surface area (Å²) in [6, 6.07) is 10.6. The van der Waals surface area contributed by atoms with Crippen molar-refractivity contribution in [3.63, 3.8) is 0 Å². The van der Waals surface area contributed by atoms with Crippen LogP contribution in [0, 0.1) is 11.3 Å². The maximum atomic E-state index is 9.14. The van der Waals surface area contributed by atoms with E-state index in [1.807, 2.05) is 6.92 Å². The molecule has 1 aromatic rings. The average Bonchev–Trinajstić information content (AvgIpc) is 2.41. The molecule has 1 unspecified atom stereocenters. The summed E-state index contributed by atoms with van der Waals surface area (Å²) < 4.78 is 0. The number of nitriles is 1. The van der Waals surface area contributed by atoms with Crippen molar-refractivity contribution in [1.82, 2.24) is 5.32 Å². The van der Waals surface area contributed by atoms with Gasteiger partial charge in [-0.1, -0.05) is 19.1 Å². The fourth-order valence-corrected chi connectivity index (χ4v) is 2.37. The quantitative estimate of drug-likeness (QED) is 0.870. The van der Waals surface area contributed by atoms with E-state index in [0.29, 0.717) is 0 Å². The molecule has 0 saturated carbocycles. The van der Waals surface area contributed by atoms with Gasteiger partial charge >= 0.3 is 0 Å². The van der Waals surface area contributed by atoms with Crippen molar-refractivity contribution in [2.24, 2.45) is 0 Å². The summed E-state index contributed by atoms with van der Waals surface area (Å²) in [6.07, 6.45) is 0. The van der Waals surface area contributed by atoms with Gasteiger partial charge in [0, 0.05) is 26.7 Å². The van der Waals surface area contributed by atoms with E-state index in [2.05, 4.69) is 52.5 Å². The van der Waals surface area contributed by atoms with Crippen LogP contribution in [0.3, 0.4) is 0 Å². The molecule has 4 heteroatoms. The van der Waals surface area contributed by atoms with Crippen molar-refractivity contribution in [2.45, 2.75) is 13.0 Å². The van der Waals surface area contributed by atoms with Crippen LogP contribution >= 0.6 is 0 Å². The number of nitrogens with zero attached hydrogens (tertiary/aromatic N) is 3. The number of likely N-dealkylation sites (N-methyl/N-ethyl adjacent to an activating group) is 2. The predicted octanol–water partition coefficient (Wildman–Crippen LogP) is 1.44. The zero-order valence-corrected chi connectivity index (χ0v) is 11.1. The van der Waals surface area contributed by atoms with Crippen LogP contribution in [0.5, 0.6) is 0 Å². The lowest BCUT2D eigenvalue weighted by Crippen LogP contribution is -2.46. The number of rotatable bonds is 4. The van der Waals surface area contributed by atoms with E-state index in [9.17, 15) is 0 Å². The summed E-state index contributed by atoms with van der Waals surface area (Å²) in [5, 5.41) is 12.3. The third-order valence-electron chi connectivity index (χ3n) is 3.35. The molecule has 0 bridgehead atoms. The number of anilines is 2. The highest BCUT2D eigenvalue weighted by atomic mass is 15.3. The molecule has 1 aliphatic heterocycles. The lowest BCUT2D eigenvalue weighted by atomic mass is 10.1. The lowest BCUT2D eigenvalue weighted by Gasteiger charge is -2.37. The standard InChI is InChI=1S/C14H20N4/c1-3-16-12(10-15)11-18-9-8-17(2)13-6-4-5-7-14(13)18/h4-7,12,16H,3,8-9,11H2,1-2H3. The molecule has 0 fully saturated rings. The van der Waals surface area contributed by atoms with E-state index < -0.39 is 0 Å². The van der Waals surface area contributed by atoms with Crippen LogP contribution in [0.2, 0.25) is 0 Å². The second-order valence-corrected chi connectivity index (χ2v) is 4.60. The van der Waals surface area contributed by atoms with Crippen molar-refractivity contribution in [3.05, 3.63) is 24.3 Å². The van der Waals surface area contributed by atoms with Gasteiger partial charge in [0.15, 0.2) is 0 Å². The Morgan fingerprint density at radius 3 is 2.72 bits per heavy atom. The second kappa shape index (κ2) is 5.74. The van der Waals surface area contributed by atoms with Gasteiger partial charge in [0.05, 0.1) is 17.4 Å². The molecule has 0 radical (unpaired) electrons. The molecule has 1 aliphatic rings. The molecule has 0 aromatic heterocycles. The van der Waals surface area contributed by atoms with Crippen molar-refractivity contribution in [3.8, 4) is 6.07 Å². The Labute approximate surface area is 109 Å². The maximum absolute atomic E-state index is 9.14. The van der Waals surface area contributed by atoms with Crippen molar-refractivity contribution < 1.29 is 0 Å². The normalized spacial score (nSPS) is 16.1. The van der Waals surface area contributed by atoms with E-state index in [4.69, 9.17) is 5.26 Å². The molecule has 18 heavy (non-hydrogen) atoms. The maximum Gasteiger partial charge on any atom is 0.113 e. The number of fused-ring (bicyclic) bond motifs is 1. The Bertz CT molecular complexity index is 438. The van der Waals surface area contributed by atoms with E-state index in [1.54, 1.807) is 0 Å². The van der Waals surface area contributed by atoms with Gasteiger partial charge in [0.2, 0.25) is 0 Å². The first-order chi connectivity index (χ1) is 8.76. The molecule has 0 amide bonds. The Kier molecular flexibility index (Phi) is 4.06. The zero-order chi connectivity index (χ0) is 13.0. The van der Waals surface area contributed by atoms with Crippen molar-refractivity contribution in [1.29, 1.82) is 5.26 Å². The van der Waals surface area contributed by atoms with Gasteiger partial charge in [-0.15, -0.1) is 0 Å². The topological polar surface area (TPSA) is 42.3 Å². The SMILES string of the molecule is CCNC(C#N)CN1CCN(C)c2ccccc21. The third kappa shape index (κ3) is 2.57. The Morgan fingerprint density at radius 2 is 2.06 bits per heavy atom. The minimum atomic E-state index is -0.105. The summed E-state index contributed by atoms with van der Waals surface area (Å²) in [7, 11) is 2.11. The highest BCUT2D eigenvalue weighted by Crippen LogP contribution is 2.31. The number of nitrogens with one attached hydrogen (secondary N) is 1. The van der Waals surface area contributed by atoms with E-state index in [1.165, 1.54) is 11.4 Å². The first-order valence-corrected chi connectivity index (χ1v) is 6.44.